The average Bonchev–Trinajstić information content (AvgIpc) is 1.88. The molecule has 0 amide bonds. The van der Waals surface area contributed by atoms with Crippen molar-refractivity contribution in [1.82, 2.24) is 0 Å². The van der Waals surface area contributed by atoms with Gasteiger partial charge in [-0.15, -0.1) is 0 Å². The molecule has 10 heavy (non-hydrogen) atoms. The van der Waals surface area contributed by atoms with E-state index in [0.29, 0.717) is 19.1 Å². The van der Waals surface area contributed by atoms with Gasteiger partial charge in [-0.25, -0.2) is 0 Å². The fourth-order valence-corrected chi connectivity index (χ4v) is 0.918. The fourth-order valence-electron chi connectivity index (χ4n) is 0.918. The van der Waals surface area contributed by atoms with Gasteiger partial charge < -0.3 is 15.2 Å². The number of nitrogens with two attached hydrogens (primary N) is 1. The molecule has 0 aromatic rings. The maximum atomic E-state index is 5.55. The van der Waals surface area contributed by atoms with Gasteiger partial charge in [-0.3, -0.25) is 0 Å². The highest BCUT2D eigenvalue weighted by atomic mass is 16.7. The van der Waals surface area contributed by atoms with Gasteiger partial charge in [0.05, 0.1) is 19.3 Å². The Morgan fingerprint density at radius 2 is 1.80 bits per heavy atom. The third-order valence-electron chi connectivity index (χ3n) is 1.49. The lowest BCUT2D eigenvalue weighted by atomic mass is 10.2. The molecule has 0 saturated carbocycles. The number of hydrogen-bond acceptors (Lipinski definition) is 3. The molecule has 0 unspecified atom stereocenters. The van der Waals surface area contributed by atoms with Crippen LogP contribution in [0.2, 0.25) is 0 Å². The quantitative estimate of drug-likeness (QED) is 0.578. The van der Waals surface area contributed by atoms with Crippen molar-refractivity contribution in [2.24, 2.45) is 11.7 Å². The highest BCUT2D eigenvalue weighted by Crippen LogP contribution is 2.12. The van der Waals surface area contributed by atoms with E-state index in [1.54, 1.807) is 0 Å². The van der Waals surface area contributed by atoms with E-state index in [1.165, 1.54) is 0 Å². The molecule has 0 aliphatic carbocycles. The highest BCUT2D eigenvalue weighted by molar-refractivity contribution is 4.65. The third kappa shape index (κ3) is 1.94. The summed E-state index contributed by atoms with van der Waals surface area (Å²) in [7, 11) is 0. The zero-order valence-electron chi connectivity index (χ0n) is 6.54. The second-order valence-electron chi connectivity index (χ2n) is 3.04. The zero-order chi connectivity index (χ0) is 7.56. The van der Waals surface area contributed by atoms with Gasteiger partial charge in [0.15, 0.2) is 6.29 Å². The van der Waals surface area contributed by atoms with Crippen molar-refractivity contribution in [3.05, 3.63) is 0 Å². The Bertz CT molecular complexity index is 97.8. The van der Waals surface area contributed by atoms with Crippen molar-refractivity contribution < 1.29 is 9.47 Å². The van der Waals surface area contributed by atoms with Crippen LogP contribution in [0.4, 0.5) is 0 Å². The van der Waals surface area contributed by atoms with Gasteiger partial charge in [-0.1, -0.05) is 13.8 Å². The smallest absolute Gasteiger partial charge is 0.159 e. The zero-order valence-corrected chi connectivity index (χ0v) is 6.54. The monoisotopic (exact) mass is 145 g/mol. The van der Waals surface area contributed by atoms with E-state index in [1.807, 2.05) is 0 Å². The normalized spacial score (nSPS) is 34.8. The summed E-state index contributed by atoms with van der Waals surface area (Å²) in [5.74, 6) is 0.424. The average molecular weight is 145 g/mol. The van der Waals surface area contributed by atoms with Crippen LogP contribution in [0.25, 0.3) is 0 Å². The Morgan fingerprint density at radius 1 is 1.30 bits per heavy atom. The molecule has 0 spiro atoms. The Balaban J connectivity index is 2.26. The first kappa shape index (κ1) is 7.98. The molecule has 0 aromatic carbocycles. The summed E-state index contributed by atoms with van der Waals surface area (Å²) >= 11 is 0. The third-order valence-corrected chi connectivity index (χ3v) is 1.49. The molecule has 3 nitrogen and oxygen atoms in total. The van der Waals surface area contributed by atoms with Gasteiger partial charge in [-0.2, -0.15) is 0 Å². The van der Waals surface area contributed by atoms with Gasteiger partial charge in [0.25, 0.3) is 0 Å². The minimum Gasteiger partial charge on any atom is -0.351 e. The summed E-state index contributed by atoms with van der Waals surface area (Å²) in [4.78, 5) is 0. The number of rotatable bonds is 1. The molecule has 0 aromatic heterocycles. The summed E-state index contributed by atoms with van der Waals surface area (Å²) in [5.41, 5.74) is 5.55. The summed E-state index contributed by atoms with van der Waals surface area (Å²) in [6.45, 7) is 5.40. The van der Waals surface area contributed by atoms with E-state index < -0.39 is 0 Å². The fraction of sp³-hybridized carbons (Fsp3) is 1.00. The van der Waals surface area contributed by atoms with Crippen LogP contribution in [0.5, 0.6) is 0 Å². The Kier molecular flexibility index (Phi) is 2.65. The highest BCUT2D eigenvalue weighted by Gasteiger charge is 2.21. The SMILES string of the molecule is CC(C)C1OCC(N)CO1. The molecule has 0 bridgehead atoms. The van der Waals surface area contributed by atoms with Crippen molar-refractivity contribution in [3.63, 3.8) is 0 Å². The molecule has 2 N–H and O–H groups in total. The molecule has 1 heterocycles. The van der Waals surface area contributed by atoms with E-state index in [0.717, 1.165) is 0 Å². The summed E-state index contributed by atoms with van der Waals surface area (Å²) in [6.07, 6.45) is -0.0419. The molecule has 3 heteroatoms. The van der Waals surface area contributed by atoms with Crippen molar-refractivity contribution in [2.45, 2.75) is 26.2 Å². The van der Waals surface area contributed by atoms with E-state index in [-0.39, 0.29) is 12.3 Å². The second kappa shape index (κ2) is 3.32. The lowest BCUT2D eigenvalue weighted by Gasteiger charge is -2.29. The largest absolute Gasteiger partial charge is 0.351 e. The van der Waals surface area contributed by atoms with E-state index in [9.17, 15) is 0 Å². The summed E-state index contributed by atoms with van der Waals surface area (Å²) < 4.78 is 10.6. The van der Waals surface area contributed by atoms with Crippen LogP contribution in [-0.2, 0) is 9.47 Å². The first-order valence-corrected chi connectivity index (χ1v) is 3.69. The van der Waals surface area contributed by atoms with Crippen molar-refractivity contribution >= 4 is 0 Å². The van der Waals surface area contributed by atoms with Crippen LogP contribution in [0.3, 0.4) is 0 Å². The summed E-state index contributed by atoms with van der Waals surface area (Å²) in [5, 5.41) is 0. The maximum absolute atomic E-state index is 5.55. The van der Waals surface area contributed by atoms with Crippen LogP contribution in [0, 0.1) is 5.92 Å². The molecule has 1 aliphatic rings. The Hall–Kier alpha value is -0.120. The Morgan fingerprint density at radius 3 is 2.20 bits per heavy atom. The van der Waals surface area contributed by atoms with Gasteiger partial charge in [0.2, 0.25) is 0 Å². The van der Waals surface area contributed by atoms with Crippen molar-refractivity contribution in [2.75, 3.05) is 13.2 Å². The van der Waals surface area contributed by atoms with Crippen LogP contribution in [0.15, 0.2) is 0 Å². The molecule has 1 rings (SSSR count). The van der Waals surface area contributed by atoms with Gasteiger partial charge >= 0.3 is 0 Å². The van der Waals surface area contributed by atoms with Crippen molar-refractivity contribution in [3.8, 4) is 0 Å². The lowest BCUT2D eigenvalue weighted by Crippen LogP contribution is -2.42. The summed E-state index contributed by atoms with van der Waals surface area (Å²) in [6, 6.07) is 0.0648. The Labute approximate surface area is 61.5 Å². The van der Waals surface area contributed by atoms with Gasteiger partial charge in [0.1, 0.15) is 0 Å². The minimum absolute atomic E-state index is 0.0419. The van der Waals surface area contributed by atoms with E-state index in [2.05, 4.69) is 13.8 Å². The van der Waals surface area contributed by atoms with Crippen molar-refractivity contribution in [1.29, 1.82) is 0 Å². The molecule has 0 radical (unpaired) electrons. The first-order valence-electron chi connectivity index (χ1n) is 3.69. The molecule has 0 atom stereocenters. The minimum atomic E-state index is -0.0419. The molecule has 1 saturated heterocycles. The molecule has 60 valence electrons. The second-order valence-corrected chi connectivity index (χ2v) is 3.04. The van der Waals surface area contributed by atoms with Gasteiger partial charge in [0, 0.05) is 5.92 Å². The topological polar surface area (TPSA) is 44.5 Å². The molecular formula is C7H15NO2. The molecule has 1 aliphatic heterocycles. The first-order chi connectivity index (χ1) is 4.70. The van der Waals surface area contributed by atoms with Gasteiger partial charge in [-0.05, 0) is 0 Å². The number of hydrogen-bond donors (Lipinski definition) is 1. The van der Waals surface area contributed by atoms with E-state index in [4.69, 9.17) is 15.2 Å². The lowest BCUT2D eigenvalue weighted by molar-refractivity contribution is -0.205. The number of ether oxygens (including phenoxy) is 2. The molecular weight excluding hydrogens is 130 g/mol. The van der Waals surface area contributed by atoms with Crippen LogP contribution < -0.4 is 5.73 Å². The van der Waals surface area contributed by atoms with Crippen LogP contribution in [-0.4, -0.2) is 25.5 Å². The predicted molar refractivity (Wildman–Crippen MR) is 38.5 cm³/mol. The van der Waals surface area contributed by atoms with Crippen LogP contribution >= 0.6 is 0 Å². The van der Waals surface area contributed by atoms with E-state index >= 15 is 0 Å². The molecule has 1 fully saturated rings. The van der Waals surface area contributed by atoms with Crippen LogP contribution in [0.1, 0.15) is 13.8 Å². The standard InChI is InChI=1S/C7H15NO2/c1-5(2)7-9-3-6(8)4-10-7/h5-7H,3-4,8H2,1-2H3. The maximum Gasteiger partial charge on any atom is 0.159 e. The predicted octanol–water partition coefficient (Wildman–Crippen LogP) is 0.343.